The Hall–Kier alpha value is -1.93. The van der Waals surface area contributed by atoms with Crippen molar-refractivity contribution in [3.8, 4) is 6.07 Å². The second-order valence-electron chi connectivity index (χ2n) is 7.31. The van der Waals surface area contributed by atoms with E-state index in [1.165, 1.54) is 56.6 Å². The molecule has 3 aliphatic heterocycles. The number of aliphatic imine (C=N–C) groups is 1. The van der Waals surface area contributed by atoms with Gasteiger partial charge in [-0.15, -0.1) is 0 Å². The smallest absolute Gasteiger partial charge is 0.283 e. The van der Waals surface area contributed by atoms with Gasteiger partial charge in [-0.05, 0) is 44.3 Å². The van der Waals surface area contributed by atoms with Crippen LogP contribution in [0.4, 0.5) is 5.69 Å². The van der Waals surface area contributed by atoms with E-state index in [4.69, 9.17) is 4.99 Å². The molecule has 0 amide bonds. The topological polar surface area (TPSA) is 46.5 Å². The molecule has 24 heavy (non-hydrogen) atoms. The lowest BCUT2D eigenvalue weighted by Crippen LogP contribution is -2.48. The summed E-state index contributed by atoms with van der Waals surface area (Å²) in [6, 6.07) is 5.02. The molecule has 5 nitrogen and oxygen atoms in total. The fraction of sp³-hybridized carbons (Fsp3) is 0.632. The van der Waals surface area contributed by atoms with E-state index in [1.807, 2.05) is 23.9 Å². The van der Waals surface area contributed by atoms with E-state index < -0.39 is 0 Å². The standard InChI is InChI=1S/C19H26N5/c1-22-14-18-15(11-17(22)13-20)12-19(21-18)24-9-5-16(6-10-24)23-7-3-2-4-8-23/h11,14,16H,2-10,12H2,1H3/q+1. The van der Waals surface area contributed by atoms with Crippen molar-refractivity contribution in [2.75, 3.05) is 26.2 Å². The van der Waals surface area contributed by atoms with Crippen LogP contribution in [-0.2, 0) is 13.5 Å². The zero-order chi connectivity index (χ0) is 16.5. The van der Waals surface area contributed by atoms with Gasteiger partial charge >= 0.3 is 0 Å². The van der Waals surface area contributed by atoms with Gasteiger partial charge in [0.2, 0.25) is 0 Å². The first-order valence-corrected chi connectivity index (χ1v) is 9.24. The molecule has 0 spiro atoms. The van der Waals surface area contributed by atoms with E-state index in [0.29, 0.717) is 5.69 Å². The van der Waals surface area contributed by atoms with Gasteiger partial charge in [0.15, 0.2) is 12.3 Å². The molecule has 0 unspecified atom stereocenters. The number of hydrogen-bond donors (Lipinski definition) is 0. The maximum atomic E-state index is 9.19. The van der Waals surface area contributed by atoms with Crippen molar-refractivity contribution in [3.63, 3.8) is 0 Å². The van der Waals surface area contributed by atoms with Gasteiger partial charge in [-0.3, -0.25) is 0 Å². The Morgan fingerprint density at radius 3 is 2.62 bits per heavy atom. The average molecular weight is 324 g/mol. The van der Waals surface area contributed by atoms with Crippen molar-refractivity contribution in [1.82, 2.24) is 9.80 Å². The third kappa shape index (κ3) is 2.91. The average Bonchev–Trinajstić information content (AvgIpc) is 3.04. The number of amidine groups is 1. The fourth-order valence-corrected chi connectivity index (χ4v) is 4.33. The maximum absolute atomic E-state index is 9.19. The number of piperidine rings is 2. The van der Waals surface area contributed by atoms with Gasteiger partial charge in [0.1, 0.15) is 18.6 Å². The molecule has 5 heteroatoms. The lowest BCUT2D eigenvalue weighted by Gasteiger charge is -2.40. The van der Waals surface area contributed by atoms with E-state index in [-0.39, 0.29) is 0 Å². The summed E-state index contributed by atoms with van der Waals surface area (Å²) in [6.07, 6.45) is 9.53. The molecule has 4 heterocycles. The first-order valence-electron chi connectivity index (χ1n) is 9.24. The van der Waals surface area contributed by atoms with E-state index in [0.717, 1.165) is 31.2 Å². The molecule has 0 N–H and O–H groups in total. The van der Waals surface area contributed by atoms with E-state index >= 15 is 0 Å². The molecule has 1 aromatic rings. The van der Waals surface area contributed by atoms with Gasteiger partial charge in [0.05, 0.1) is 0 Å². The minimum absolute atomic E-state index is 0.703. The normalized spacial score (nSPS) is 22.2. The minimum atomic E-state index is 0.703. The summed E-state index contributed by atoms with van der Waals surface area (Å²) in [7, 11) is 1.91. The quantitative estimate of drug-likeness (QED) is 0.742. The summed E-state index contributed by atoms with van der Waals surface area (Å²) in [4.78, 5) is 10.0. The van der Waals surface area contributed by atoms with Crippen molar-refractivity contribution < 1.29 is 4.57 Å². The van der Waals surface area contributed by atoms with Crippen LogP contribution in [0.5, 0.6) is 0 Å². The van der Waals surface area contributed by atoms with Gasteiger partial charge < -0.3 is 9.80 Å². The Kier molecular flexibility index (Phi) is 4.24. The fourth-order valence-electron chi connectivity index (χ4n) is 4.33. The predicted molar refractivity (Wildman–Crippen MR) is 93.2 cm³/mol. The van der Waals surface area contributed by atoms with Gasteiger partial charge in [-0.2, -0.15) is 9.83 Å². The van der Waals surface area contributed by atoms with E-state index in [2.05, 4.69) is 15.9 Å². The van der Waals surface area contributed by atoms with Crippen LogP contribution < -0.4 is 4.57 Å². The van der Waals surface area contributed by atoms with Gasteiger partial charge in [0.25, 0.3) is 5.69 Å². The third-order valence-electron chi connectivity index (χ3n) is 5.79. The van der Waals surface area contributed by atoms with Crippen molar-refractivity contribution in [3.05, 3.63) is 23.5 Å². The maximum Gasteiger partial charge on any atom is 0.283 e. The first-order chi connectivity index (χ1) is 11.7. The molecule has 0 radical (unpaired) electrons. The van der Waals surface area contributed by atoms with Crippen LogP contribution >= 0.6 is 0 Å². The molecule has 126 valence electrons. The third-order valence-corrected chi connectivity index (χ3v) is 5.79. The molecule has 0 bridgehead atoms. The second-order valence-corrected chi connectivity index (χ2v) is 7.31. The SMILES string of the molecule is C[n+]1cc2c(cc1C#N)CC(N1CCC(N3CCCCC3)CC1)=N2. The highest BCUT2D eigenvalue weighted by Gasteiger charge is 2.29. The largest absolute Gasteiger partial charge is 0.360 e. The van der Waals surface area contributed by atoms with E-state index in [9.17, 15) is 5.26 Å². The van der Waals surface area contributed by atoms with Gasteiger partial charge in [-0.25, -0.2) is 4.99 Å². The number of hydrogen-bond acceptors (Lipinski definition) is 4. The van der Waals surface area contributed by atoms with Gasteiger partial charge in [0, 0.05) is 31.6 Å². The number of aryl methyl sites for hydroxylation is 1. The summed E-state index contributed by atoms with van der Waals surface area (Å²) in [5, 5.41) is 9.19. The molecule has 1 aromatic heterocycles. The lowest BCUT2D eigenvalue weighted by molar-refractivity contribution is -0.673. The van der Waals surface area contributed by atoms with Crippen molar-refractivity contribution in [2.24, 2.45) is 12.0 Å². The van der Waals surface area contributed by atoms with Crippen LogP contribution in [0.2, 0.25) is 0 Å². The molecular formula is C19H26N5+. The Morgan fingerprint density at radius 1 is 1.17 bits per heavy atom. The van der Waals surface area contributed by atoms with Crippen LogP contribution in [0.25, 0.3) is 0 Å². The summed E-state index contributed by atoms with van der Waals surface area (Å²) in [5.41, 5.74) is 2.93. The van der Waals surface area contributed by atoms with Crippen LogP contribution in [0.1, 0.15) is 43.4 Å². The Bertz CT molecular complexity index is 688. The highest BCUT2D eigenvalue weighted by molar-refractivity contribution is 5.92. The molecule has 0 atom stereocenters. The molecule has 2 fully saturated rings. The van der Waals surface area contributed by atoms with Crippen LogP contribution in [0.3, 0.4) is 0 Å². The Labute approximate surface area is 144 Å². The zero-order valence-corrected chi connectivity index (χ0v) is 14.5. The first kappa shape index (κ1) is 15.6. The van der Waals surface area contributed by atoms with Crippen LogP contribution in [-0.4, -0.2) is 47.9 Å². The molecular weight excluding hydrogens is 298 g/mol. The number of nitriles is 1. The Morgan fingerprint density at radius 2 is 1.92 bits per heavy atom. The second kappa shape index (κ2) is 6.52. The van der Waals surface area contributed by atoms with E-state index in [1.54, 1.807) is 0 Å². The molecule has 2 saturated heterocycles. The molecule has 3 aliphatic rings. The summed E-state index contributed by atoms with van der Waals surface area (Å²) in [5.74, 6) is 1.19. The summed E-state index contributed by atoms with van der Waals surface area (Å²) in [6.45, 7) is 4.82. The number of aromatic nitrogens is 1. The van der Waals surface area contributed by atoms with Crippen molar-refractivity contribution >= 4 is 11.5 Å². The van der Waals surface area contributed by atoms with Crippen molar-refractivity contribution in [1.29, 1.82) is 5.26 Å². The van der Waals surface area contributed by atoms with Crippen molar-refractivity contribution in [2.45, 2.75) is 44.6 Å². The summed E-state index contributed by atoms with van der Waals surface area (Å²) >= 11 is 0. The predicted octanol–water partition coefficient (Wildman–Crippen LogP) is 1.92. The number of nitrogens with zero attached hydrogens (tertiary/aromatic N) is 5. The van der Waals surface area contributed by atoms with Crippen LogP contribution in [0, 0.1) is 11.3 Å². The zero-order valence-electron chi connectivity index (χ0n) is 14.5. The van der Waals surface area contributed by atoms with Gasteiger partial charge in [-0.1, -0.05) is 6.42 Å². The number of likely N-dealkylation sites (tertiary alicyclic amines) is 2. The van der Waals surface area contributed by atoms with Crippen LogP contribution in [0.15, 0.2) is 17.3 Å². The molecule has 0 aliphatic carbocycles. The number of pyridine rings is 1. The Balaban J connectivity index is 1.40. The number of rotatable bonds is 1. The molecule has 0 aromatic carbocycles. The monoisotopic (exact) mass is 324 g/mol. The molecule has 0 saturated carbocycles. The number of fused-ring (bicyclic) bond motifs is 1. The minimum Gasteiger partial charge on any atom is -0.360 e. The molecule has 4 rings (SSSR count). The lowest BCUT2D eigenvalue weighted by atomic mass is 9.99. The summed E-state index contributed by atoms with van der Waals surface area (Å²) < 4.78 is 1.87. The highest BCUT2D eigenvalue weighted by Crippen LogP contribution is 2.29. The highest BCUT2D eigenvalue weighted by atomic mass is 15.2.